The van der Waals surface area contributed by atoms with Gasteiger partial charge in [0.25, 0.3) is 0 Å². The normalized spacial score (nSPS) is 10.6. The van der Waals surface area contributed by atoms with Crippen molar-refractivity contribution in [3.05, 3.63) is 63.6 Å². The highest BCUT2D eigenvalue weighted by molar-refractivity contribution is 9.10. The third-order valence-corrected chi connectivity index (χ3v) is 3.79. The van der Waals surface area contributed by atoms with Gasteiger partial charge in [0.05, 0.1) is 0 Å². The van der Waals surface area contributed by atoms with E-state index in [4.69, 9.17) is 4.74 Å². The van der Waals surface area contributed by atoms with Crippen LogP contribution in [0.2, 0.25) is 0 Å². The molecule has 1 N–H and O–H groups in total. The van der Waals surface area contributed by atoms with Crippen LogP contribution in [0, 0.1) is 6.92 Å². The summed E-state index contributed by atoms with van der Waals surface area (Å²) in [6, 6.07) is 14.6. The molecular weight excluding hydrogens is 326 g/mol. The van der Waals surface area contributed by atoms with Gasteiger partial charge in [0.2, 0.25) is 0 Å². The molecule has 0 radical (unpaired) electrons. The number of aryl methyl sites for hydroxylation is 1. The molecule has 0 aliphatic carbocycles. The minimum atomic E-state index is 0.594. The summed E-state index contributed by atoms with van der Waals surface area (Å²) in [5, 5.41) is 3.44. The van der Waals surface area contributed by atoms with Gasteiger partial charge in [-0.3, -0.25) is 0 Å². The highest BCUT2D eigenvalue weighted by atomic mass is 79.9. The second-order valence-corrected chi connectivity index (χ2v) is 6.12. The molecule has 2 aromatic carbocycles. The Balaban J connectivity index is 2.02. The van der Waals surface area contributed by atoms with Crippen LogP contribution >= 0.6 is 15.9 Å². The molecule has 0 unspecified atom stereocenters. The van der Waals surface area contributed by atoms with Crippen LogP contribution in [0.4, 0.5) is 0 Å². The van der Waals surface area contributed by atoms with E-state index >= 15 is 0 Å². The molecule has 21 heavy (non-hydrogen) atoms. The Morgan fingerprint density at radius 3 is 2.57 bits per heavy atom. The van der Waals surface area contributed by atoms with Gasteiger partial charge in [0, 0.05) is 16.6 Å². The molecule has 2 aromatic rings. The molecule has 112 valence electrons. The Hall–Kier alpha value is -1.32. The minimum absolute atomic E-state index is 0.594. The van der Waals surface area contributed by atoms with Gasteiger partial charge in [-0.15, -0.1) is 0 Å². The van der Waals surface area contributed by atoms with E-state index in [1.165, 1.54) is 16.7 Å². The van der Waals surface area contributed by atoms with Gasteiger partial charge in [0.15, 0.2) is 0 Å². The first kappa shape index (κ1) is 16.1. The Morgan fingerprint density at radius 2 is 1.86 bits per heavy atom. The fourth-order valence-electron chi connectivity index (χ4n) is 2.13. The van der Waals surface area contributed by atoms with Crippen LogP contribution in [0.25, 0.3) is 0 Å². The summed E-state index contributed by atoms with van der Waals surface area (Å²) in [4.78, 5) is 0. The first-order valence-corrected chi connectivity index (χ1v) is 8.16. The van der Waals surface area contributed by atoms with Crippen LogP contribution in [0.1, 0.15) is 30.0 Å². The van der Waals surface area contributed by atoms with E-state index in [2.05, 4.69) is 65.4 Å². The summed E-state index contributed by atoms with van der Waals surface area (Å²) in [5.74, 6) is 0.965. The van der Waals surface area contributed by atoms with E-state index in [1.807, 2.05) is 12.1 Å². The Labute approximate surface area is 135 Å². The summed E-state index contributed by atoms with van der Waals surface area (Å²) >= 11 is 3.45. The van der Waals surface area contributed by atoms with Crippen LogP contribution in [-0.4, -0.2) is 6.54 Å². The number of benzene rings is 2. The highest BCUT2D eigenvalue weighted by Crippen LogP contribution is 2.21. The average Bonchev–Trinajstić information content (AvgIpc) is 2.48. The lowest BCUT2D eigenvalue weighted by Gasteiger charge is -2.13. The number of rotatable bonds is 7. The maximum Gasteiger partial charge on any atom is 0.124 e. The topological polar surface area (TPSA) is 21.3 Å². The van der Waals surface area contributed by atoms with E-state index in [-0.39, 0.29) is 0 Å². The molecule has 0 aliphatic heterocycles. The first-order chi connectivity index (χ1) is 10.2. The number of nitrogens with one attached hydrogen (secondary N) is 1. The molecule has 0 atom stereocenters. The fraction of sp³-hybridized carbons (Fsp3) is 0.333. The summed E-state index contributed by atoms with van der Waals surface area (Å²) < 4.78 is 7.08. The van der Waals surface area contributed by atoms with Crippen LogP contribution in [0.3, 0.4) is 0 Å². The number of hydrogen-bond donors (Lipinski definition) is 1. The summed E-state index contributed by atoms with van der Waals surface area (Å²) in [7, 11) is 0. The zero-order valence-electron chi connectivity index (χ0n) is 12.7. The molecule has 0 aliphatic rings. The van der Waals surface area contributed by atoms with Crippen LogP contribution in [0.5, 0.6) is 5.75 Å². The van der Waals surface area contributed by atoms with E-state index in [1.54, 1.807) is 0 Å². The molecule has 0 aromatic heterocycles. The number of ether oxygens (including phenoxy) is 1. The van der Waals surface area contributed by atoms with Crippen molar-refractivity contribution in [2.24, 2.45) is 0 Å². The standard InChI is InChI=1S/C18H22BrNO/c1-3-10-20-12-16-11-14(2)4-9-18(16)21-13-15-5-7-17(19)8-6-15/h4-9,11,20H,3,10,12-13H2,1-2H3. The molecule has 2 nitrogen and oxygen atoms in total. The van der Waals surface area contributed by atoms with Gasteiger partial charge in [-0.1, -0.05) is 52.7 Å². The quantitative estimate of drug-likeness (QED) is 0.723. The number of halogens is 1. The van der Waals surface area contributed by atoms with Crippen molar-refractivity contribution in [2.75, 3.05) is 6.54 Å². The molecule has 0 amide bonds. The smallest absolute Gasteiger partial charge is 0.124 e. The summed E-state index contributed by atoms with van der Waals surface area (Å²) in [5.41, 5.74) is 3.66. The molecule has 0 saturated carbocycles. The third kappa shape index (κ3) is 5.18. The average molecular weight is 348 g/mol. The molecule has 0 saturated heterocycles. The van der Waals surface area contributed by atoms with E-state index < -0.39 is 0 Å². The SMILES string of the molecule is CCCNCc1cc(C)ccc1OCc1ccc(Br)cc1. The zero-order valence-corrected chi connectivity index (χ0v) is 14.2. The largest absolute Gasteiger partial charge is 0.489 e. The maximum atomic E-state index is 5.99. The zero-order chi connectivity index (χ0) is 15.1. The predicted octanol–water partition coefficient (Wildman–Crippen LogP) is 4.84. The van der Waals surface area contributed by atoms with E-state index in [9.17, 15) is 0 Å². The summed E-state index contributed by atoms with van der Waals surface area (Å²) in [6.07, 6.45) is 1.14. The lowest BCUT2D eigenvalue weighted by Crippen LogP contribution is -2.14. The van der Waals surface area contributed by atoms with E-state index in [0.717, 1.165) is 29.7 Å². The molecule has 3 heteroatoms. The second kappa shape index (κ2) is 8.20. The van der Waals surface area contributed by atoms with Gasteiger partial charge in [0.1, 0.15) is 12.4 Å². The second-order valence-electron chi connectivity index (χ2n) is 5.20. The predicted molar refractivity (Wildman–Crippen MR) is 91.7 cm³/mol. The van der Waals surface area contributed by atoms with Crippen molar-refractivity contribution in [3.63, 3.8) is 0 Å². The molecule has 0 spiro atoms. The van der Waals surface area contributed by atoms with Gasteiger partial charge in [-0.25, -0.2) is 0 Å². The van der Waals surface area contributed by atoms with Crippen molar-refractivity contribution >= 4 is 15.9 Å². The monoisotopic (exact) mass is 347 g/mol. The first-order valence-electron chi connectivity index (χ1n) is 7.36. The fourth-order valence-corrected chi connectivity index (χ4v) is 2.39. The Morgan fingerprint density at radius 1 is 1.10 bits per heavy atom. The lowest BCUT2D eigenvalue weighted by atomic mass is 10.1. The summed E-state index contributed by atoms with van der Waals surface area (Å²) in [6.45, 7) is 6.76. The van der Waals surface area contributed by atoms with Gasteiger partial charge in [-0.05, 0) is 43.7 Å². The van der Waals surface area contributed by atoms with E-state index in [0.29, 0.717) is 6.61 Å². The minimum Gasteiger partial charge on any atom is -0.489 e. The van der Waals surface area contributed by atoms with Crippen LogP contribution < -0.4 is 10.1 Å². The molecule has 0 fully saturated rings. The van der Waals surface area contributed by atoms with Crippen molar-refractivity contribution < 1.29 is 4.74 Å². The van der Waals surface area contributed by atoms with Gasteiger partial charge in [-0.2, -0.15) is 0 Å². The van der Waals surface area contributed by atoms with Crippen LogP contribution in [0.15, 0.2) is 46.9 Å². The molecule has 2 rings (SSSR count). The molecule has 0 heterocycles. The Kier molecular flexibility index (Phi) is 6.27. The van der Waals surface area contributed by atoms with Crippen molar-refractivity contribution in [1.29, 1.82) is 0 Å². The van der Waals surface area contributed by atoms with Gasteiger partial charge < -0.3 is 10.1 Å². The van der Waals surface area contributed by atoms with Crippen molar-refractivity contribution in [2.45, 2.75) is 33.4 Å². The lowest BCUT2D eigenvalue weighted by molar-refractivity contribution is 0.302. The molecule has 0 bridgehead atoms. The molecular formula is C18H22BrNO. The number of hydrogen-bond acceptors (Lipinski definition) is 2. The maximum absolute atomic E-state index is 5.99. The van der Waals surface area contributed by atoms with Crippen molar-refractivity contribution in [1.82, 2.24) is 5.32 Å². The van der Waals surface area contributed by atoms with Gasteiger partial charge >= 0.3 is 0 Å². The van der Waals surface area contributed by atoms with Crippen molar-refractivity contribution in [3.8, 4) is 5.75 Å². The highest BCUT2D eigenvalue weighted by Gasteiger charge is 2.04. The Bertz CT molecular complexity index is 566. The third-order valence-electron chi connectivity index (χ3n) is 3.27. The van der Waals surface area contributed by atoms with Crippen LogP contribution in [-0.2, 0) is 13.2 Å².